The van der Waals surface area contributed by atoms with E-state index in [1.807, 2.05) is 0 Å². The van der Waals surface area contributed by atoms with Crippen LogP contribution in [0.2, 0.25) is 0 Å². The maximum atomic E-state index is 13.6. The first kappa shape index (κ1) is 27.3. The van der Waals surface area contributed by atoms with Crippen LogP contribution >= 0.6 is 0 Å². The maximum absolute atomic E-state index is 13.6. The molecule has 0 aromatic heterocycles. The number of aliphatic hydroxyl groups is 1. The van der Waals surface area contributed by atoms with Gasteiger partial charge in [-0.1, -0.05) is 32.8 Å². The lowest BCUT2D eigenvalue weighted by molar-refractivity contribution is 0.0415. The molecule has 1 amide bonds. The van der Waals surface area contributed by atoms with Crippen molar-refractivity contribution < 1.29 is 23.4 Å². The van der Waals surface area contributed by atoms with E-state index in [-0.39, 0.29) is 18.5 Å². The summed E-state index contributed by atoms with van der Waals surface area (Å²) in [6, 6.07) is 2.82. The van der Waals surface area contributed by atoms with Gasteiger partial charge in [0.2, 0.25) is 0 Å². The third kappa shape index (κ3) is 11.5. The van der Waals surface area contributed by atoms with Gasteiger partial charge in [-0.3, -0.25) is 0 Å². The lowest BCUT2D eigenvalue weighted by atomic mass is 9.93. The molecule has 7 heteroatoms. The van der Waals surface area contributed by atoms with Gasteiger partial charge in [-0.05, 0) is 71.1 Å². The van der Waals surface area contributed by atoms with Crippen LogP contribution in [0.4, 0.5) is 13.6 Å². The van der Waals surface area contributed by atoms with E-state index >= 15 is 0 Å². The van der Waals surface area contributed by atoms with E-state index in [2.05, 4.69) is 38.3 Å². The summed E-state index contributed by atoms with van der Waals surface area (Å²) in [6.07, 6.45) is 1.66. The van der Waals surface area contributed by atoms with Crippen molar-refractivity contribution >= 4 is 6.09 Å². The van der Waals surface area contributed by atoms with Gasteiger partial charge in [0.25, 0.3) is 0 Å². The van der Waals surface area contributed by atoms with Gasteiger partial charge in [-0.25, -0.2) is 13.6 Å². The molecule has 0 aliphatic heterocycles. The summed E-state index contributed by atoms with van der Waals surface area (Å²) < 4.78 is 32.2. The Morgan fingerprint density at radius 3 is 2.32 bits per heavy atom. The average Bonchev–Trinajstić information content (AvgIpc) is 2.60. The highest BCUT2D eigenvalue weighted by Crippen LogP contribution is 2.17. The highest BCUT2D eigenvalue weighted by atomic mass is 19.2. The Morgan fingerprint density at radius 1 is 1.13 bits per heavy atom. The van der Waals surface area contributed by atoms with Crippen LogP contribution in [0.1, 0.15) is 73.3 Å². The van der Waals surface area contributed by atoms with Crippen LogP contribution in [0.3, 0.4) is 0 Å². The van der Waals surface area contributed by atoms with Crippen molar-refractivity contribution in [3.8, 4) is 0 Å². The molecule has 0 aliphatic rings. The first-order valence-electron chi connectivity index (χ1n) is 11.0. The summed E-state index contributed by atoms with van der Waals surface area (Å²) in [5.74, 6) is -1.27. The Labute approximate surface area is 186 Å². The quantitative estimate of drug-likeness (QED) is 0.453. The molecule has 0 spiro atoms. The number of alkyl carbamates (subject to hydrolysis) is 1. The molecule has 0 heterocycles. The average molecular weight is 443 g/mol. The molecule has 0 radical (unpaired) electrons. The SMILES string of the molecule is CC(C)CCCC(C)(C)NC[C@@H](O)[C@H](Cc1ccc(F)c(F)c1)NC(=O)OC(C)(C)C. The number of β-amino-alcohol motifs (C(OH)–C–C–N with tert-alkyl or cyclic N) is 1. The summed E-state index contributed by atoms with van der Waals surface area (Å²) in [7, 11) is 0. The predicted octanol–water partition coefficient (Wildman–Crippen LogP) is 4.96. The van der Waals surface area contributed by atoms with Crippen LogP contribution in [-0.4, -0.2) is 41.0 Å². The summed E-state index contributed by atoms with van der Waals surface area (Å²) in [4.78, 5) is 12.3. The van der Waals surface area contributed by atoms with Crippen LogP contribution in [-0.2, 0) is 11.2 Å². The Morgan fingerprint density at radius 2 is 1.77 bits per heavy atom. The topological polar surface area (TPSA) is 70.6 Å². The van der Waals surface area contributed by atoms with E-state index in [1.54, 1.807) is 20.8 Å². The number of ether oxygens (including phenoxy) is 1. The van der Waals surface area contributed by atoms with Crippen LogP contribution in [0.25, 0.3) is 0 Å². The third-order valence-corrected chi connectivity index (χ3v) is 4.98. The lowest BCUT2D eigenvalue weighted by Gasteiger charge is -2.31. The lowest BCUT2D eigenvalue weighted by Crippen LogP contribution is -2.52. The smallest absolute Gasteiger partial charge is 0.407 e. The van der Waals surface area contributed by atoms with Gasteiger partial charge in [0.15, 0.2) is 11.6 Å². The number of carbonyl (C=O) groups excluding carboxylic acids is 1. The molecular weight excluding hydrogens is 402 g/mol. The van der Waals surface area contributed by atoms with Gasteiger partial charge in [0.1, 0.15) is 5.60 Å². The number of hydrogen-bond acceptors (Lipinski definition) is 4. The van der Waals surface area contributed by atoms with Gasteiger partial charge in [-0.15, -0.1) is 0 Å². The first-order chi connectivity index (χ1) is 14.2. The second kappa shape index (κ2) is 11.8. The molecule has 3 N–H and O–H groups in total. The van der Waals surface area contributed by atoms with Gasteiger partial charge in [-0.2, -0.15) is 0 Å². The first-order valence-corrected chi connectivity index (χ1v) is 11.0. The number of benzene rings is 1. The molecule has 178 valence electrons. The molecule has 0 unspecified atom stereocenters. The maximum Gasteiger partial charge on any atom is 0.407 e. The van der Waals surface area contributed by atoms with E-state index in [4.69, 9.17) is 4.74 Å². The minimum absolute atomic E-state index is 0.132. The number of aliphatic hydroxyl groups excluding tert-OH is 1. The monoisotopic (exact) mass is 442 g/mol. The Balaban J connectivity index is 2.83. The van der Waals surface area contributed by atoms with E-state index in [9.17, 15) is 18.7 Å². The molecule has 0 bridgehead atoms. The van der Waals surface area contributed by atoms with Crippen molar-refractivity contribution in [3.63, 3.8) is 0 Å². The highest BCUT2D eigenvalue weighted by Gasteiger charge is 2.27. The minimum atomic E-state index is -0.965. The van der Waals surface area contributed by atoms with Gasteiger partial charge in [0.05, 0.1) is 12.1 Å². The number of nitrogens with one attached hydrogen (secondary N) is 2. The van der Waals surface area contributed by atoms with Crippen LogP contribution in [0.15, 0.2) is 18.2 Å². The van der Waals surface area contributed by atoms with Crippen LogP contribution < -0.4 is 10.6 Å². The molecule has 1 rings (SSSR count). The molecule has 5 nitrogen and oxygen atoms in total. The third-order valence-electron chi connectivity index (χ3n) is 4.98. The predicted molar refractivity (Wildman–Crippen MR) is 120 cm³/mol. The molecule has 31 heavy (non-hydrogen) atoms. The second-order valence-electron chi connectivity index (χ2n) is 10.3. The van der Waals surface area contributed by atoms with Gasteiger partial charge in [0, 0.05) is 12.1 Å². The minimum Gasteiger partial charge on any atom is -0.444 e. The van der Waals surface area contributed by atoms with E-state index < -0.39 is 35.5 Å². The molecule has 0 fully saturated rings. The van der Waals surface area contributed by atoms with Crippen molar-refractivity contribution in [1.29, 1.82) is 0 Å². The summed E-state index contributed by atoms with van der Waals surface area (Å²) in [5.41, 5.74) is -0.415. The van der Waals surface area contributed by atoms with Crippen molar-refractivity contribution in [2.45, 2.75) is 97.4 Å². The van der Waals surface area contributed by atoms with Crippen molar-refractivity contribution in [2.24, 2.45) is 5.92 Å². The molecule has 2 atom stereocenters. The van der Waals surface area contributed by atoms with Gasteiger partial charge >= 0.3 is 6.09 Å². The number of amides is 1. The Bertz CT molecular complexity index is 703. The Kier molecular flexibility index (Phi) is 10.4. The fourth-order valence-corrected chi connectivity index (χ4v) is 3.23. The molecule has 1 aromatic rings. The largest absolute Gasteiger partial charge is 0.444 e. The number of rotatable bonds is 11. The number of hydrogen-bond donors (Lipinski definition) is 3. The molecule has 0 aliphatic carbocycles. The zero-order chi connectivity index (χ0) is 23.8. The Hall–Kier alpha value is -1.73. The molecule has 1 aromatic carbocycles. The molecule has 0 saturated carbocycles. The molecule has 0 saturated heterocycles. The van der Waals surface area contributed by atoms with E-state index in [0.29, 0.717) is 11.5 Å². The van der Waals surface area contributed by atoms with Crippen LogP contribution in [0, 0.1) is 17.6 Å². The highest BCUT2D eigenvalue weighted by molar-refractivity contribution is 5.68. The number of halogens is 2. The fourth-order valence-electron chi connectivity index (χ4n) is 3.23. The van der Waals surface area contributed by atoms with Gasteiger partial charge < -0.3 is 20.5 Å². The summed E-state index contributed by atoms with van der Waals surface area (Å²) in [6.45, 7) is 14.0. The standard InChI is InChI=1S/C24H40F2N2O3/c1-16(2)9-8-12-24(6,7)27-15-21(29)20(28-22(30)31-23(3,4)5)14-17-10-11-18(25)19(26)13-17/h10-11,13,16,20-21,27,29H,8-9,12,14-15H2,1-7H3,(H,28,30)/t20-,21+/m0/s1. The zero-order valence-electron chi connectivity index (χ0n) is 20.0. The van der Waals surface area contributed by atoms with E-state index in [0.717, 1.165) is 31.4 Å². The fraction of sp³-hybridized carbons (Fsp3) is 0.708. The summed E-state index contributed by atoms with van der Waals surface area (Å²) >= 11 is 0. The summed E-state index contributed by atoms with van der Waals surface area (Å²) in [5, 5.41) is 16.9. The van der Waals surface area contributed by atoms with E-state index in [1.165, 1.54) is 6.07 Å². The van der Waals surface area contributed by atoms with Crippen molar-refractivity contribution in [2.75, 3.05) is 6.54 Å². The number of carbonyl (C=O) groups is 1. The molecular formula is C24H40F2N2O3. The normalized spacial score (nSPS) is 14.4. The van der Waals surface area contributed by atoms with Crippen molar-refractivity contribution in [3.05, 3.63) is 35.4 Å². The second-order valence-corrected chi connectivity index (χ2v) is 10.3. The van der Waals surface area contributed by atoms with Crippen LogP contribution in [0.5, 0.6) is 0 Å². The zero-order valence-corrected chi connectivity index (χ0v) is 20.0. The van der Waals surface area contributed by atoms with Crippen molar-refractivity contribution in [1.82, 2.24) is 10.6 Å².